The minimum atomic E-state index is -3.54. The van der Waals surface area contributed by atoms with Crippen molar-refractivity contribution in [3.8, 4) is 0 Å². The number of sulfonamides is 1. The second-order valence-corrected chi connectivity index (χ2v) is 10.2. The molecule has 0 spiro atoms. The monoisotopic (exact) mass is 394 g/mol. The number of rotatable bonds is 6. The number of amides is 1. The van der Waals surface area contributed by atoms with Crippen molar-refractivity contribution in [2.75, 3.05) is 13.1 Å². The van der Waals surface area contributed by atoms with E-state index in [9.17, 15) is 13.2 Å². The van der Waals surface area contributed by atoms with Crippen LogP contribution in [0.4, 0.5) is 0 Å². The second-order valence-electron chi connectivity index (χ2n) is 8.51. The fraction of sp³-hybridized carbons (Fsp3) is 0.667. The molecule has 5 nitrogen and oxygen atoms in total. The lowest BCUT2D eigenvalue weighted by Gasteiger charge is -2.34. The van der Waals surface area contributed by atoms with Gasteiger partial charge in [-0.05, 0) is 48.8 Å². The highest BCUT2D eigenvalue weighted by Gasteiger charge is 2.29. The Morgan fingerprint density at radius 3 is 2.07 bits per heavy atom. The van der Waals surface area contributed by atoms with Crippen LogP contribution in [-0.2, 0) is 20.2 Å². The Labute approximate surface area is 164 Å². The molecule has 0 atom stereocenters. The highest BCUT2D eigenvalue weighted by Crippen LogP contribution is 2.24. The van der Waals surface area contributed by atoms with Crippen molar-refractivity contribution >= 4 is 15.9 Å². The summed E-state index contributed by atoms with van der Waals surface area (Å²) in [5.74, 6) is 0.290. The third kappa shape index (κ3) is 5.55. The number of likely N-dealkylation sites (tertiary alicyclic amines) is 1. The predicted octanol–water partition coefficient (Wildman–Crippen LogP) is 3.69. The average Bonchev–Trinajstić information content (AvgIpc) is 2.62. The molecular formula is C21H34N2O3S. The minimum Gasteiger partial charge on any atom is -0.342 e. The Kier molecular flexibility index (Phi) is 7.09. The van der Waals surface area contributed by atoms with Gasteiger partial charge in [0, 0.05) is 25.0 Å². The summed E-state index contributed by atoms with van der Waals surface area (Å²) in [7, 11) is -3.54. The predicted molar refractivity (Wildman–Crippen MR) is 109 cm³/mol. The molecule has 1 aliphatic heterocycles. The van der Waals surface area contributed by atoms with E-state index >= 15 is 0 Å². The molecule has 1 N–H and O–H groups in total. The zero-order valence-corrected chi connectivity index (χ0v) is 18.1. The Hall–Kier alpha value is -1.40. The van der Waals surface area contributed by atoms with E-state index in [2.05, 4.69) is 25.5 Å². The maximum Gasteiger partial charge on any atom is 0.240 e. The van der Waals surface area contributed by atoms with Gasteiger partial charge in [0.2, 0.25) is 15.9 Å². The number of nitrogens with zero attached hydrogens (tertiary/aromatic N) is 1. The standard InChI is InChI=1S/C21H34N2O3S/c1-6-16(7-2)20(24)23-14-12-18(13-15-23)22-27(25,26)19-10-8-17(9-11-19)21(3,4)5/h8-11,16,18,22H,6-7,12-15H2,1-5H3. The van der Waals surface area contributed by atoms with Gasteiger partial charge in [-0.15, -0.1) is 0 Å². The van der Waals surface area contributed by atoms with Gasteiger partial charge in [0.05, 0.1) is 4.90 Å². The molecule has 1 aliphatic rings. The summed E-state index contributed by atoms with van der Waals surface area (Å²) >= 11 is 0. The number of nitrogens with one attached hydrogen (secondary N) is 1. The zero-order chi connectivity index (χ0) is 20.2. The van der Waals surface area contributed by atoms with Crippen LogP contribution < -0.4 is 4.72 Å². The summed E-state index contributed by atoms with van der Waals surface area (Å²) in [6.45, 7) is 11.6. The smallest absolute Gasteiger partial charge is 0.240 e. The van der Waals surface area contributed by atoms with Gasteiger partial charge in [0.25, 0.3) is 0 Å². The van der Waals surface area contributed by atoms with Crippen LogP contribution in [0.25, 0.3) is 0 Å². The summed E-state index contributed by atoms with van der Waals surface area (Å²) in [5.41, 5.74) is 1.10. The van der Waals surface area contributed by atoms with Crippen LogP contribution in [0.1, 0.15) is 65.9 Å². The molecule has 152 valence electrons. The van der Waals surface area contributed by atoms with Gasteiger partial charge in [0.15, 0.2) is 0 Å². The Balaban J connectivity index is 1.97. The van der Waals surface area contributed by atoms with Crippen LogP contribution in [0.5, 0.6) is 0 Å². The number of hydrogen-bond donors (Lipinski definition) is 1. The van der Waals surface area contributed by atoms with Crippen molar-refractivity contribution in [3.63, 3.8) is 0 Å². The molecule has 6 heteroatoms. The minimum absolute atomic E-state index is 0.01000. The van der Waals surface area contributed by atoms with E-state index < -0.39 is 10.0 Å². The Morgan fingerprint density at radius 2 is 1.63 bits per heavy atom. The van der Waals surface area contributed by atoms with Crippen molar-refractivity contribution < 1.29 is 13.2 Å². The molecule has 1 amide bonds. The van der Waals surface area contributed by atoms with Gasteiger partial charge in [0.1, 0.15) is 0 Å². The SMILES string of the molecule is CCC(CC)C(=O)N1CCC(NS(=O)(=O)c2ccc(C(C)(C)C)cc2)CC1. The molecule has 1 fully saturated rings. The van der Waals surface area contributed by atoms with Gasteiger partial charge in [-0.2, -0.15) is 0 Å². The molecule has 0 aromatic heterocycles. The third-order valence-electron chi connectivity index (χ3n) is 5.49. The normalized spacial score (nSPS) is 16.7. The molecule has 0 bridgehead atoms. The first-order valence-electron chi connectivity index (χ1n) is 10.00. The molecule has 27 heavy (non-hydrogen) atoms. The van der Waals surface area contributed by atoms with Crippen LogP contribution in [0.3, 0.4) is 0 Å². The molecule has 0 aliphatic carbocycles. The van der Waals surface area contributed by atoms with E-state index in [0.717, 1.165) is 18.4 Å². The third-order valence-corrected chi connectivity index (χ3v) is 7.03. The van der Waals surface area contributed by atoms with Crippen LogP contribution in [0.15, 0.2) is 29.2 Å². The van der Waals surface area contributed by atoms with E-state index in [1.54, 1.807) is 12.1 Å². The maximum atomic E-state index is 12.7. The number of carbonyl (C=O) groups excluding carboxylic acids is 1. The van der Waals surface area contributed by atoms with E-state index in [-0.39, 0.29) is 23.3 Å². The molecule has 0 saturated carbocycles. The van der Waals surface area contributed by atoms with Gasteiger partial charge < -0.3 is 4.90 Å². The van der Waals surface area contributed by atoms with Gasteiger partial charge in [-0.1, -0.05) is 46.8 Å². The largest absolute Gasteiger partial charge is 0.342 e. The second kappa shape index (κ2) is 8.74. The quantitative estimate of drug-likeness (QED) is 0.800. The lowest BCUT2D eigenvalue weighted by atomic mass is 9.87. The number of hydrogen-bond acceptors (Lipinski definition) is 3. The molecule has 0 unspecified atom stereocenters. The molecular weight excluding hydrogens is 360 g/mol. The van der Waals surface area contributed by atoms with Crippen molar-refractivity contribution in [2.24, 2.45) is 5.92 Å². The highest BCUT2D eigenvalue weighted by atomic mass is 32.2. The summed E-state index contributed by atoms with van der Waals surface area (Å²) in [6, 6.07) is 6.99. The topological polar surface area (TPSA) is 66.5 Å². The molecule has 1 aromatic rings. The zero-order valence-electron chi connectivity index (χ0n) is 17.3. The first-order valence-corrected chi connectivity index (χ1v) is 11.5. The van der Waals surface area contributed by atoms with Crippen LogP contribution in [0.2, 0.25) is 0 Å². The Morgan fingerprint density at radius 1 is 1.11 bits per heavy atom. The fourth-order valence-corrected chi connectivity index (χ4v) is 4.84. The summed E-state index contributed by atoms with van der Waals surface area (Å²) in [4.78, 5) is 14.7. The summed E-state index contributed by atoms with van der Waals surface area (Å²) < 4.78 is 28.2. The van der Waals surface area contributed by atoms with Crippen molar-refractivity contribution in [1.82, 2.24) is 9.62 Å². The molecule has 1 saturated heterocycles. The molecule has 2 rings (SSSR count). The van der Waals surface area contributed by atoms with E-state index in [0.29, 0.717) is 30.8 Å². The van der Waals surface area contributed by atoms with Crippen LogP contribution in [0, 0.1) is 5.92 Å². The first-order chi connectivity index (χ1) is 12.6. The fourth-order valence-electron chi connectivity index (χ4n) is 3.54. The number of benzene rings is 1. The first kappa shape index (κ1) is 21.9. The summed E-state index contributed by atoms with van der Waals surface area (Å²) in [5, 5.41) is 0. The van der Waals surface area contributed by atoms with Gasteiger partial charge >= 0.3 is 0 Å². The van der Waals surface area contributed by atoms with E-state index in [4.69, 9.17) is 0 Å². The van der Waals surface area contributed by atoms with Crippen molar-refractivity contribution in [1.29, 1.82) is 0 Å². The molecule has 1 heterocycles. The van der Waals surface area contributed by atoms with Crippen LogP contribution in [-0.4, -0.2) is 38.4 Å². The highest BCUT2D eigenvalue weighted by molar-refractivity contribution is 7.89. The Bertz CT molecular complexity index is 724. The van der Waals surface area contributed by atoms with Crippen molar-refractivity contribution in [3.05, 3.63) is 29.8 Å². The lowest BCUT2D eigenvalue weighted by molar-refractivity contribution is -0.136. The average molecular weight is 395 g/mol. The lowest BCUT2D eigenvalue weighted by Crippen LogP contribution is -2.47. The summed E-state index contributed by atoms with van der Waals surface area (Å²) in [6.07, 6.45) is 3.02. The van der Waals surface area contributed by atoms with Gasteiger partial charge in [-0.3, -0.25) is 4.79 Å². The van der Waals surface area contributed by atoms with Gasteiger partial charge in [-0.25, -0.2) is 13.1 Å². The van der Waals surface area contributed by atoms with E-state index in [1.807, 2.05) is 30.9 Å². The number of carbonyl (C=O) groups is 1. The van der Waals surface area contributed by atoms with Crippen molar-refractivity contribution in [2.45, 2.75) is 76.7 Å². The number of piperidine rings is 1. The van der Waals surface area contributed by atoms with E-state index in [1.165, 1.54) is 0 Å². The van der Waals surface area contributed by atoms with Crippen LogP contribution >= 0.6 is 0 Å². The maximum absolute atomic E-state index is 12.7. The molecule has 1 aromatic carbocycles. The molecule has 0 radical (unpaired) electrons.